The summed E-state index contributed by atoms with van der Waals surface area (Å²) in [5, 5.41) is 0. The smallest absolute Gasteiger partial charge is 0.123 e. The second-order valence-corrected chi connectivity index (χ2v) is 5.13. The molecule has 0 fully saturated rings. The third kappa shape index (κ3) is 4.82. The summed E-state index contributed by atoms with van der Waals surface area (Å²) in [6.07, 6.45) is 1.13. The molecule has 0 spiro atoms. The van der Waals surface area contributed by atoms with Crippen LogP contribution in [0.15, 0.2) is 24.3 Å². The number of nitrogens with zero attached hydrogens (tertiary/aromatic N) is 2. The molecule has 19 heavy (non-hydrogen) atoms. The van der Waals surface area contributed by atoms with E-state index in [4.69, 9.17) is 10.5 Å². The minimum Gasteiger partial charge on any atom is -0.496 e. The molecule has 0 saturated heterocycles. The molecule has 108 valence electrons. The highest BCUT2D eigenvalue weighted by Gasteiger charge is 2.18. The van der Waals surface area contributed by atoms with Crippen molar-refractivity contribution in [3.05, 3.63) is 29.8 Å². The van der Waals surface area contributed by atoms with Crippen molar-refractivity contribution in [3.63, 3.8) is 0 Å². The minimum atomic E-state index is 0.207. The van der Waals surface area contributed by atoms with Gasteiger partial charge in [-0.05, 0) is 46.7 Å². The molecule has 4 nitrogen and oxygen atoms in total. The predicted molar refractivity (Wildman–Crippen MR) is 80.6 cm³/mol. The summed E-state index contributed by atoms with van der Waals surface area (Å²) in [6, 6.07) is 8.32. The van der Waals surface area contributed by atoms with Crippen LogP contribution in [0.25, 0.3) is 0 Å². The largest absolute Gasteiger partial charge is 0.496 e. The number of rotatable bonds is 8. The van der Waals surface area contributed by atoms with Crippen molar-refractivity contribution in [1.82, 2.24) is 9.80 Å². The third-order valence-electron chi connectivity index (χ3n) is 3.37. The van der Waals surface area contributed by atoms with Crippen molar-refractivity contribution in [1.29, 1.82) is 0 Å². The van der Waals surface area contributed by atoms with Crippen LogP contribution in [0.2, 0.25) is 0 Å². The molecular formula is C15H27N3O. The Bertz CT molecular complexity index is 368. The van der Waals surface area contributed by atoms with Gasteiger partial charge in [0.15, 0.2) is 0 Å². The normalized spacial score (nSPS) is 13.0. The lowest BCUT2D eigenvalue weighted by Crippen LogP contribution is -2.32. The van der Waals surface area contributed by atoms with Crippen LogP contribution in [-0.2, 0) is 0 Å². The summed E-state index contributed by atoms with van der Waals surface area (Å²) in [4.78, 5) is 4.51. The van der Waals surface area contributed by atoms with Crippen molar-refractivity contribution in [3.8, 4) is 5.75 Å². The van der Waals surface area contributed by atoms with Gasteiger partial charge in [0, 0.05) is 12.1 Å². The zero-order chi connectivity index (χ0) is 14.3. The standard InChI is InChI=1S/C15H27N3O/c1-17(2)10-7-11-18(3)14(12-16)13-8-5-6-9-15(13)19-4/h5-6,8-9,14H,7,10-12,16H2,1-4H3. The topological polar surface area (TPSA) is 41.7 Å². The van der Waals surface area contributed by atoms with Gasteiger partial charge in [0.2, 0.25) is 0 Å². The average Bonchev–Trinajstić information content (AvgIpc) is 2.39. The average molecular weight is 265 g/mol. The quantitative estimate of drug-likeness (QED) is 0.775. The molecule has 0 bridgehead atoms. The number of benzene rings is 1. The Morgan fingerprint density at radius 2 is 1.84 bits per heavy atom. The van der Waals surface area contributed by atoms with Gasteiger partial charge in [0.05, 0.1) is 13.2 Å². The molecule has 1 atom stereocenters. The van der Waals surface area contributed by atoms with Crippen LogP contribution in [0.1, 0.15) is 18.0 Å². The van der Waals surface area contributed by atoms with Gasteiger partial charge >= 0.3 is 0 Å². The molecule has 1 aromatic rings. The number of methoxy groups -OCH3 is 1. The molecule has 0 aliphatic rings. The molecule has 1 rings (SSSR count). The van der Waals surface area contributed by atoms with Crippen molar-refractivity contribution in [2.75, 3.05) is 47.9 Å². The van der Waals surface area contributed by atoms with Gasteiger partial charge in [-0.3, -0.25) is 4.90 Å². The molecule has 2 N–H and O–H groups in total. The van der Waals surface area contributed by atoms with Gasteiger partial charge in [0.25, 0.3) is 0 Å². The van der Waals surface area contributed by atoms with E-state index in [1.54, 1.807) is 7.11 Å². The molecule has 0 radical (unpaired) electrons. The van der Waals surface area contributed by atoms with E-state index < -0.39 is 0 Å². The summed E-state index contributed by atoms with van der Waals surface area (Å²) in [6.45, 7) is 2.71. The van der Waals surface area contributed by atoms with Crippen LogP contribution < -0.4 is 10.5 Å². The summed E-state index contributed by atoms with van der Waals surface area (Å²) < 4.78 is 5.43. The number of likely N-dealkylation sites (N-methyl/N-ethyl adjacent to an activating group) is 1. The summed E-state index contributed by atoms with van der Waals surface area (Å²) in [7, 11) is 8.03. The maximum Gasteiger partial charge on any atom is 0.123 e. The molecule has 0 saturated carbocycles. The Labute approximate surface area is 117 Å². The first-order valence-electron chi connectivity index (χ1n) is 6.78. The third-order valence-corrected chi connectivity index (χ3v) is 3.37. The fraction of sp³-hybridized carbons (Fsp3) is 0.600. The van der Waals surface area contributed by atoms with Crippen LogP contribution >= 0.6 is 0 Å². The first-order chi connectivity index (χ1) is 9.10. The first kappa shape index (κ1) is 16.0. The number of para-hydroxylation sites is 1. The summed E-state index contributed by atoms with van der Waals surface area (Å²) in [5.74, 6) is 0.914. The van der Waals surface area contributed by atoms with Gasteiger partial charge < -0.3 is 15.4 Å². The Balaban J connectivity index is 2.70. The SMILES string of the molecule is COc1ccccc1C(CN)N(C)CCCN(C)C. The Morgan fingerprint density at radius 1 is 1.16 bits per heavy atom. The van der Waals surface area contributed by atoms with Crippen LogP contribution in [-0.4, -0.2) is 57.7 Å². The maximum atomic E-state index is 5.95. The zero-order valence-corrected chi connectivity index (χ0v) is 12.6. The van der Waals surface area contributed by atoms with Crippen LogP contribution in [0.5, 0.6) is 5.75 Å². The van der Waals surface area contributed by atoms with Gasteiger partial charge in [-0.25, -0.2) is 0 Å². The summed E-state index contributed by atoms with van der Waals surface area (Å²) in [5.41, 5.74) is 7.12. The highest BCUT2D eigenvalue weighted by atomic mass is 16.5. The van der Waals surface area contributed by atoms with Crippen LogP contribution in [0.3, 0.4) is 0 Å². The molecule has 0 aliphatic heterocycles. The Morgan fingerprint density at radius 3 is 2.42 bits per heavy atom. The van der Waals surface area contributed by atoms with Gasteiger partial charge in [-0.15, -0.1) is 0 Å². The number of nitrogens with two attached hydrogens (primary N) is 1. The van der Waals surface area contributed by atoms with E-state index in [0.717, 1.165) is 25.3 Å². The zero-order valence-electron chi connectivity index (χ0n) is 12.6. The van der Waals surface area contributed by atoms with Crippen molar-refractivity contribution in [2.45, 2.75) is 12.5 Å². The second-order valence-electron chi connectivity index (χ2n) is 5.13. The molecule has 0 aromatic heterocycles. The lowest BCUT2D eigenvalue weighted by atomic mass is 10.0. The lowest BCUT2D eigenvalue weighted by molar-refractivity contribution is 0.230. The minimum absolute atomic E-state index is 0.207. The molecule has 0 amide bonds. The van der Waals surface area contributed by atoms with Crippen LogP contribution in [0.4, 0.5) is 0 Å². The Hall–Kier alpha value is -1.10. The fourth-order valence-electron chi connectivity index (χ4n) is 2.28. The Kier molecular flexibility index (Phi) is 6.84. The van der Waals surface area contributed by atoms with Crippen molar-refractivity contribution >= 4 is 0 Å². The predicted octanol–water partition coefficient (Wildman–Crippen LogP) is 1.58. The van der Waals surface area contributed by atoms with Gasteiger partial charge in [-0.1, -0.05) is 18.2 Å². The van der Waals surface area contributed by atoms with Gasteiger partial charge in [-0.2, -0.15) is 0 Å². The highest BCUT2D eigenvalue weighted by molar-refractivity contribution is 5.36. The molecule has 0 aliphatic carbocycles. The lowest BCUT2D eigenvalue weighted by Gasteiger charge is -2.28. The molecule has 0 heterocycles. The first-order valence-corrected chi connectivity index (χ1v) is 6.78. The molecule has 4 heteroatoms. The molecular weight excluding hydrogens is 238 g/mol. The van der Waals surface area contributed by atoms with E-state index in [9.17, 15) is 0 Å². The summed E-state index contributed by atoms with van der Waals surface area (Å²) >= 11 is 0. The van der Waals surface area contributed by atoms with Crippen LogP contribution in [0, 0.1) is 0 Å². The molecule has 1 aromatic carbocycles. The van der Waals surface area contributed by atoms with E-state index in [0.29, 0.717) is 6.54 Å². The van der Waals surface area contributed by atoms with E-state index in [-0.39, 0.29) is 6.04 Å². The monoisotopic (exact) mass is 265 g/mol. The number of ether oxygens (including phenoxy) is 1. The van der Waals surface area contributed by atoms with E-state index >= 15 is 0 Å². The number of hydrogen-bond donors (Lipinski definition) is 1. The van der Waals surface area contributed by atoms with Crippen molar-refractivity contribution in [2.24, 2.45) is 5.73 Å². The fourth-order valence-corrected chi connectivity index (χ4v) is 2.28. The highest BCUT2D eigenvalue weighted by Crippen LogP contribution is 2.27. The van der Waals surface area contributed by atoms with E-state index in [2.05, 4.69) is 37.0 Å². The van der Waals surface area contributed by atoms with Gasteiger partial charge in [0.1, 0.15) is 5.75 Å². The van der Waals surface area contributed by atoms with E-state index in [1.807, 2.05) is 18.2 Å². The maximum absolute atomic E-state index is 5.95. The number of hydrogen-bond acceptors (Lipinski definition) is 4. The van der Waals surface area contributed by atoms with E-state index in [1.165, 1.54) is 5.56 Å². The molecule has 1 unspecified atom stereocenters. The van der Waals surface area contributed by atoms with Crippen molar-refractivity contribution < 1.29 is 4.74 Å². The second kappa shape index (κ2) is 8.15.